The smallest absolute Gasteiger partial charge is 0.234 e. The van der Waals surface area contributed by atoms with Crippen LogP contribution in [0.1, 0.15) is 5.56 Å². The molecule has 1 aliphatic rings. The van der Waals surface area contributed by atoms with Gasteiger partial charge in [-0.2, -0.15) is 0 Å². The quantitative estimate of drug-likeness (QED) is 0.587. The lowest BCUT2D eigenvalue weighted by Crippen LogP contribution is -2.37. The minimum absolute atomic E-state index is 0.0387. The molecule has 162 valence electrons. The molecule has 7 nitrogen and oxygen atoms in total. The van der Waals surface area contributed by atoms with Gasteiger partial charge in [-0.25, -0.2) is 8.78 Å². The molecule has 0 saturated carbocycles. The Kier molecular flexibility index (Phi) is 6.47. The van der Waals surface area contributed by atoms with Crippen molar-refractivity contribution in [1.29, 1.82) is 0 Å². The van der Waals surface area contributed by atoms with E-state index < -0.39 is 17.5 Å². The Bertz CT molecular complexity index is 1090. The van der Waals surface area contributed by atoms with Gasteiger partial charge in [-0.05, 0) is 36.8 Å². The van der Waals surface area contributed by atoms with Gasteiger partial charge in [-0.3, -0.25) is 9.36 Å². The number of hydrogen-bond donors (Lipinski definition) is 1. The number of carbonyl (C=O) groups is 1. The molecular weight excluding hydrogens is 424 g/mol. The number of anilines is 2. The van der Waals surface area contributed by atoms with Crippen molar-refractivity contribution in [3.63, 3.8) is 0 Å². The lowest BCUT2D eigenvalue weighted by Gasteiger charge is -2.28. The SMILES string of the molecule is Cc1cccc(-n2c(SCC(=O)Nc3cc(F)ccc3F)nnc2N2CCOCC2)c1. The maximum atomic E-state index is 13.8. The van der Waals surface area contributed by atoms with Crippen LogP contribution in [0.4, 0.5) is 20.4 Å². The number of nitrogens with one attached hydrogen (secondary N) is 1. The molecule has 0 bridgehead atoms. The van der Waals surface area contributed by atoms with Crippen LogP contribution in [0.2, 0.25) is 0 Å². The highest BCUT2D eigenvalue weighted by Gasteiger charge is 2.22. The first-order chi connectivity index (χ1) is 15.0. The van der Waals surface area contributed by atoms with Crippen LogP contribution in [-0.2, 0) is 9.53 Å². The second kappa shape index (κ2) is 9.44. The van der Waals surface area contributed by atoms with Crippen LogP contribution in [0.15, 0.2) is 47.6 Å². The Morgan fingerprint density at radius 1 is 1.16 bits per heavy atom. The summed E-state index contributed by atoms with van der Waals surface area (Å²) in [6.07, 6.45) is 0. The van der Waals surface area contributed by atoms with Gasteiger partial charge < -0.3 is 15.0 Å². The third-order valence-electron chi connectivity index (χ3n) is 4.70. The monoisotopic (exact) mass is 445 g/mol. The molecule has 1 fully saturated rings. The van der Waals surface area contributed by atoms with E-state index >= 15 is 0 Å². The summed E-state index contributed by atoms with van der Waals surface area (Å²) >= 11 is 1.17. The zero-order valence-electron chi connectivity index (χ0n) is 16.8. The first-order valence-corrected chi connectivity index (χ1v) is 10.7. The number of ether oxygens (including phenoxy) is 1. The Labute approximate surface area is 182 Å². The second-order valence-electron chi connectivity index (χ2n) is 7.02. The minimum atomic E-state index is -0.697. The predicted octanol–water partition coefficient (Wildman–Crippen LogP) is 3.42. The summed E-state index contributed by atoms with van der Waals surface area (Å²) in [5, 5.41) is 11.6. The normalized spacial score (nSPS) is 14.0. The highest BCUT2D eigenvalue weighted by molar-refractivity contribution is 7.99. The Balaban J connectivity index is 1.55. The molecule has 0 unspecified atom stereocenters. The predicted molar refractivity (Wildman–Crippen MR) is 115 cm³/mol. The van der Waals surface area contributed by atoms with Gasteiger partial charge in [-0.15, -0.1) is 10.2 Å². The van der Waals surface area contributed by atoms with Crippen molar-refractivity contribution in [3.8, 4) is 5.69 Å². The summed E-state index contributed by atoms with van der Waals surface area (Å²) in [7, 11) is 0. The zero-order chi connectivity index (χ0) is 21.8. The standard InChI is InChI=1S/C21H21F2N5O2S/c1-14-3-2-4-16(11-14)28-20(27-7-9-30-10-8-27)25-26-21(28)31-13-19(29)24-18-12-15(22)5-6-17(18)23/h2-6,11-12H,7-10,13H2,1H3,(H,24,29). The summed E-state index contributed by atoms with van der Waals surface area (Å²) < 4.78 is 34.5. The molecule has 0 atom stereocenters. The topological polar surface area (TPSA) is 72.3 Å². The number of morpholine rings is 1. The van der Waals surface area contributed by atoms with E-state index in [1.54, 1.807) is 0 Å². The maximum Gasteiger partial charge on any atom is 0.234 e. The molecule has 10 heteroatoms. The van der Waals surface area contributed by atoms with E-state index in [4.69, 9.17) is 4.74 Å². The van der Waals surface area contributed by atoms with E-state index in [0.29, 0.717) is 37.4 Å². The largest absolute Gasteiger partial charge is 0.378 e. The summed E-state index contributed by atoms with van der Waals surface area (Å²) in [6, 6.07) is 10.8. The molecule has 31 heavy (non-hydrogen) atoms. The van der Waals surface area contributed by atoms with Gasteiger partial charge in [0.1, 0.15) is 11.6 Å². The van der Waals surface area contributed by atoms with Gasteiger partial charge in [0.2, 0.25) is 11.9 Å². The first kappa shape index (κ1) is 21.3. The van der Waals surface area contributed by atoms with E-state index in [1.165, 1.54) is 11.8 Å². The molecule has 2 aromatic carbocycles. The summed E-state index contributed by atoms with van der Waals surface area (Å²) in [4.78, 5) is 14.4. The average Bonchev–Trinajstić information content (AvgIpc) is 3.19. The van der Waals surface area contributed by atoms with E-state index in [-0.39, 0.29) is 11.4 Å². The number of benzene rings is 2. The molecule has 2 heterocycles. The Morgan fingerprint density at radius 3 is 2.74 bits per heavy atom. The number of halogens is 2. The molecule has 1 aliphatic heterocycles. The zero-order valence-corrected chi connectivity index (χ0v) is 17.7. The highest BCUT2D eigenvalue weighted by Crippen LogP contribution is 2.28. The minimum Gasteiger partial charge on any atom is -0.378 e. The molecule has 4 rings (SSSR count). The molecule has 0 aliphatic carbocycles. The number of carbonyl (C=O) groups excluding carboxylic acids is 1. The third kappa shape index (κ3) is 5.02. The van der Waals surface area contributed by atoms with Crippen molar-refractivity contribution >= 4 is 29.3 Å². The number of rotatable bonds is 6. The van der Waals surface area contributed by atoms with Crippen molar-refractivity contribution in [2.45, 2.75) is 12.1 Å². The van der Waals surface area contributed by atoms with Gasteiger partial charge in [0, 0.05) is 19.2 Å². The summed E-state index contributed by atoms with van der Waals surface area (Å²) in [6.45, 7) is 4.58. The van der Waals surface area contributed by atoms with Crippen LogP contribution in [0, 0.1) is 18.6 Å². The fraction of sp³-hybridized carbons (Fsp3) is 0.286. The lowest BCUT2D eigenvalue weighted by atomic mass is 10.2. The number of nitrogens with zero attached hydrogens (tertiary/aromatic N) is 4. The summed E-state index contributed by atoms with van der Waals surface area (Å²) in [5.41, 5.74) is 1.76. The van der Waals surface area contributed by atoms with Crippen LogP contribution in [0.3, 0.4) is 0 Å². The van der Waals surface area contributed by atoms with Crippen LogP contribution in [-0.4, -0.2) is 52.7 Å². The number of amides is 1. The molecule has 3 aromatic rings. The molecular formula is C21H21F2N5O2S. The molecule has 1 saturated heterocycles. The average molecular weight is 445 g/mol. The van der Waals surface area contributed by atoms with E-state index in [1.807, 2.05) is 35.8 Å². The summed E-state index contributed by atoms with van der Waals surface area (Å²) in [5.74, 6) is -1.16. The van der Waals surface area contributed by atoms with Crippen LogP contribution >= 0.6 is 11.8 Å². The van der Waals surface area contributed by atoms with Crippen LogP contribution in [0.5, 0.6) is 0 Å². The Morgan fingerprint density at radius 2 is 1.97 bits per heavy atom. The fourth-order valence-corrected chi connectivity index (χ4v) is 3.97. The van der Waals surface area contributed by atoms with Crippen molar-refractivity contribution in [2.24, 2.45) is 0 Å². The van der Waals surface area contributed by atoms with E-state index in [0.717, 1.165) is 29.4 Å². The van der Waals surface area contributed by atoms with Gasteiger partial charge in [-0.1, -0.05) is 23.9 Å². The molecule has 1 aromatic heterocycles. The third-order valence-corrected chi connectivity index (χ3v) is 5.63. The molecule has 1 N–H and O–H groups in total. The number of aryl methyl sites for hydroxylation is 1. The van der Waals surface area contributed by atoms with Crippen molar-refractivity contribution in [3.05, 3.63) is 59.7 Å². The van der Waals surface area contributed by atoms with Gasteiger partial charge in [0.15, 0.2) is 5.16 Å². The maximum absolute atomic E-state index is 13.8. The second-order valence-corrected chi connectivity index (χ2v) is 7.96. The number of hydrogen-bond acceptors (Lipinski definition) is 6. The van der Waals surface area contributed by atoms with Gasteiger partial charge >= 0.3 is 0 Å². The highest BCUT2D eigenvalue weighted by atomic mass is 32.2. The molecule has 0 spiro atoms. The first-order valence-electron chi connectivity index (χ1n) is 9.74. The van der Waals surface area contributed by atoms with E-state index in [9.17, 15) is 13.6 Å². The van der Waals surface area contributed by atoms with Crippen LogP contribution < -0.4 is 10.2 Å². The number of thioether (sulfide) groups is 1. The van der Waals surface area contributed by atoms with Crippen LogP contribution in [0.25, 0.3) is 5.69 Å². The molecule has 0 radical (unpaired) electrons. The number of aromatic nitrogens is 3. The Hall–Kier alpha value is -2.98. The van der Waals surface area contributed by atoms with Crippen molar-refractivity contribution < 1.29 is 18.3 Å². The van der Waals surface area contributed by atoms with Gasteiger partial charge in [0.05, 0.1) is 30.3 Å². The molecule has 1 amide bonds. The van der Waals surface area contributed by atoms with E-state index in [2.05, 4.69) is 20.4 Å². The van der Waals surface area contributed by atoms with Crippen molar-refractivity contribution in [1.82, 2.24) is 14.8 Å². The lowest BCUT2D eigenvalue weighted by molar-refractivity contribution is -0.113. The van der Waals surface area contributed by atoms with Crippen molar-refractivity contribution in [2.75, 3.05) is 42.3 Å². The van der Waals surface area contributed by atoms with Gasteiger partial charge in [0.25, 0.3) is 0 Å². The fourth-order valence-electron chi connectivity index (χ4n) is 3.23.